The van der Waals surface area contributed by atoms with Crippen LogP contribution in [-0.2, 0) is 17.0 Å². The topological polar surface area (TPSA) is 55.8 Å². The number of ether oxygens (including phenoxy) is 2. The van der Waals surface area contributed by atoms with Crippen LogP contribution in [-0.4, -0.2) is 11.1 Å². The summed E-state index contributed by atoms with van der Waals surface area (Å²) >= 11 is 12.1. The molecule has 4 nitrogen and oxygen atoms in total. The summed E-state index contributed by atoms with van der Waals surface area (Å²) in [5.74, 6) is -1.09. The molecular formula is C21H14Cl2O4. The lowest BCUT2D eigenvalue weighted by Crippen LogP contribution is -2.36. The van der Waals surface area contributed by atoms with Gasteiger partial charge >= 0.3 is 11.8 Å². The van der Waals surface area contributed by atoms with Crippen LogP contribution >= 0.6 is 23.2 Å². The molecule has 0 spiro atoms. The van der Waals surface area contributed by atoms with Crippen LogP contribution in [0.15, 0.2) is 66.7 Å². The molecule has 0 atom stereocenters. The molecule has 1 heterocycles. The van der Waals surface area contributed by atoms with Crippen molar-refractivity contribution < 1.29 is 19.4 Å². The second kappa shape index (κ2) is 6.80. The van der Waals surface area contributed by atoms with Crippen molar-refractivity contribution in [1.29, 1.82) is 0 Å². The van der Waals surface area contributed by atoms with E-state index in [1.54, 1.807) is 42.5 Å². The molecular weight excluding hydrogens is 387 g/mol. The average molecular weight is 401 g/mol. The molecule has 136 valence electrons. The predicted octanol–water partition coefficient (Wildman–Crippen LogP) is 5.29. The molecule has 0 bridgehead atoms. The van der Waals surface area contributed by atoms with Gasteiger partial charge in [0, 0.05) is 21.2 Å². The van der Waals surface area contributed by atoms with Gasteiger partial charge in [0.25, 0.3) is 0 Å². The molecule has 4 rings (SSSR count). The van der Waals surface area contributed by atoms with Crippen LogP contribution in [0.3, 0.4) is 0 Å². The first-order valence-corrected chi connectivity index (χ1v) is 8.97. The van der Waals surface area contributed by atoms with Gasteiger partial charge in [0.15, 0.2) is 11.5 Å². The van der Waals surface area contributed by atoms with E-state index in [1.165, 1.54) is 0 Å². The van der Waals surface area contributed by atoms with Crippen molar-refractivity contribution in [2.45, 2.75) is 12.2 Å². The SMILES string of the molecule is O=C(O)Cc1ccc2c(c1)OC(c1ccc(Cl)cc1)(c1ccc(Cl)cc1)O2. The lowest BCUT2D eigenvalue weighted by Gasteiger charge is -2.28. The zero-order valence-electron chi connectivity index (χ0n) is 14.0. The molecule has 3 aromatic rings. The van der Waals surface area contributed by atoms with Gasteiger partial charge in [0.05, 0.1) is 6.42 Å². The molecule has 0 saturated heterocycles. The van der Waals surface area contributed by atoms with Crippen LogP contribution in [0, 0.1) is 0 Å². The third-order valence-corrected chi connectivity index (χ3v) is 4.82. The maximum atomic E-state index is 11.0. The Morgan fingerprint density at radius 2 is 1.33 bits per heavy atom. The monoisotopic (exact) mass is 400 g/mol. The summed E-state index contributed by atoms with van der Waals surface area (Å²) in [6, 6.07) is 19.5. The zero-order valence-corrected chi connectivity index (χ0v) is 15.5. The lowest BCUT2D eigenvalue weighted by molar-refractivity contribution is -0.136. The van der Waals surface area contributed by atoms with Crippen LogP contribution < -0.4 is 9.47 Å². The highest BCUT2D eigenvalue weighted by Crippen LogP contribution is 2.48. The number of rotatable bonds is 4. The first-order valence-electron chi connectivity index (χ1n) is 8.21. The number of fused-ring (bicyclic) bond motifs is 1. The highest BCUT2D eigenvalue weighted by molar-refractivity contribution is 6.30. The predicted molar refractivity (Wildman–Crippen MR) is 103 cm³/mol. The van der Waals surface area contributed by atoms with E-state index in [0.717, 1.165) is 11.1 Å². The van der Waals surface area contributed by atoms with Crippen LogP contribution in [0.1, 0.15) is 16.7 Å². The molecule has 0 radical (unpaired) electrons. The molecule has 27 heavy (non-hydrogen) atoms. The minimum absolute atomic E-state index is 0.0917. The maximum Gasteiger partial charge on any atom is 0.307 e. The summed E-state index contributed by atoms with van der Waals surface area (Å²) in [5, 5.41) is 10.2. The van der Waals surface area contributed by atoms with E-state index in [9.17, 15) is 4.79 Å². The van der Waals surface area contributed by atoms with Crippen LogP contribution in [0.5, 0.6) is 11.5 Å². The zero-order chi connectivity index (χ0) is 19.0. The van der Waals surface area contributed by atoms with E-state index in [2.05, 4.69) is 0 Å². The first-order chi connectivity index (χ1) is 13.0. The number of hydrogen-bond donors (Lipinski definition) is 1. The van der Waals surface area contributed by atoms with Crippen LogP contribution in [0.25, 0.3) is 0 Å². The van der Waals surface area contributed by atoms with Gasteiger partial charge in [-0.15, -0.1) is 0 Å². The number of carboxylic acids is 1. The van der Waals surface area contributed by atoms with Gasteiger partial charge in [-0.1, -0.05) is 29.3 Å². The Kier molecular flexibility index (Phi) is 4.46. The Morgan fingerprint density at radius 1 is 0.815 bits per heavy atom. The van der Waals surface area contributed by atoms with Crippen molar-refractivity contribution in [2.75, 3.05) is 0 Å². The third-order valence-electron chi connectivity index (χ3n) is 4.32. The molecule has 1 aliphatic rings. The Bertz CT molecular complexity index is 952. The number of carboxylic acid groups (broad SMARTS) is 1. The Morgan fingerprint density at radius 3 is 1.85 bits per heavy atom. The van der Waals surface area contributed by atoms with E-state index in [0.29, 0.717) is 27.1 Å². The van der Waals surface area contributed by atoms with Gasteiger partial charge in [-0.25, -0.2) is 0 Å². The lowest BCUT2D eigenvalue weighted by atomic mass is 9.97. The summed E-state index contributed by atoms with van der Waals surface area (Å²) in [6.45, 7) is 0. The Labute approximate surface area is 165 Å². The molecule has 1 aliphatic heterocycles. The number of halogens is 2. The van der Waals surface area contributed by atoms with Crippen molar-refractivity contribution in [2.24, 2.45) is 0 Å². The van der Waals surface area contributed by atoms with E-state index >= 15 is 0 Å². The number of benzene rings is 3. The largest absolute Gasteiger partial charge is 0.481 e. The summed E-state index contributed by atoms with van der Waals surface area (Å²) in [4.78, 5) is 11.0. The van der Waals surface area contributed by atoms with E-state index in [-0.39, 0.29) is 6.42 Å². The van der Waals surface area contributed by atoms with Crippen LogP contribution in [0.4, 0.5) is 0 Å². The van der Waals surface area contributed by atoms with E-state index < -0.39 is 11.8 Å². The van der Waals surface area contributed by atoms with Crippen molar-refractivity contribution in [1.82, 2.24) is 0 Å². The molecule has 0 amide bonds. The fourth-order valence-corrected chi connectivity index (χ4v) is 3.32. The molecule has 0 aromatic heterocycles. The Hall–Kier alpha value is -2.69. The minimum Gasteiger partial charge on any atom is -0.481 e. The van der Waals surface area contributed by atoms with Crippen molar-refractivity contribution in [3.8, 4) is 11.5 Å². The highest BCUT2D eigenvalue weighted by atomic mass is 35.5. The molecule has 0 saturated carbocycles. The van der Waals surface area contributed by atoms with E-state index in [4.69, 9.17) is 37.8 Å². The van der Waals surface area contributed by atoms with Gasteiger partial charge in [0.1, 0.15) is 0 Å². The Balaban J connectivity index is 1.81. The molecule has 0 unspecified atom stereocenters. The quantitative estimate of drug-likeness (QED) is 0.645. The van der Waals surface area contributed by atoms with Gasteiger partial charge < -0.3 is 14.6 Å². The fraction of sp³-hybridized carbons (Fsp3) is 0.0952. The summed E-state index contributed by atoms with van der Waals surface area (Å²) < 4.78 is 12.5. The second-order valence-corrected chi connectivity index (χ2v) is 7.06. The smallest absolute Gasteiger partial charge is 0.307 e. The first kappa shape index (κ1) is 17.7. The number of aliphatic carboxylic acids is 1. The summed E-state index contributed by atoms with van der Waals surface area (Å²) in [6.07, 6.45) is -0.0917. The van der Waals surface area contributed by atoms with E-state index in [1.807, 2.05) is 24.3 Å². The van der Waals surface area contributed by atoms with Crippen LogP contribution in [0.2, 0.25) is 10.0 Å². The molecule has 0 fully saturated rings. The maximum absolute atomic E-state index is 11.0. The van der Waals surface area contributed by atoms with Gasteiger partial charge in [-0.3, -0.25) is 4.79 Å². The average Bonchev–Trinajstić information content (AvgIpc) is 3.02. The number of carbonyl (C=O) groups is 1. The third kappa shape index (κ3) is 3.34. The molecule has 0 aliphatic carbocycles. The normalized spacial score (nSPS) is 14.1. The van der Waals surface area contributed by atoms with Crippen molar-refractivity contribution in [3.05, 3.63) is 93.5 Å². The second-order valence-electron chi connectivity index (χ2n) is 6.19. The molecule has 3 aromatic carbocycles. The summed E-state index contributed by atoms with van der Waals surface area (Å²) in [5.41, 5.74) is 2.14. The minimum atomic E-state index is -1.21. The van der Waals surface area contributed by atoms with Gasteiger partial charge in [-0.2, -0.15) is 0 Å². The van der Waals surface area contributed by atoms with Crippen molar-refractivity contribution in [3.63, 3.8) is 0 Å². The van der Waals surface area contributed by atoms with Gasteiger partial charge in [0.2, 0.25) is 0 Å². The van der Waals surface area contributed by atoms with Crippen molar-refractivity contribution >= 4 is 29.2 Å². The fourth-order valence-electron chi connectivity index (χ4n) is 3.07. The number of hydrogen-bond acceptors (Lipinski definition) is 3. The summed E-state index contributed by atoms with van der Waals surface area (Å²) in [7, 11) is 0. The van der Waals surface area contributed by atoms with Gasteiger partial charge in [-0.05, 0) is 66.2 Å². The molecule has 1 N–H and O–H groups in total. The standard InChI is InChI=1S/C21H14Cl2O4/c22-16-6-2-14(3-7-16)21(15-4-8-17(23)9-5-15)26-18-10-1-13(12-20(24)25)11-19(18)27-21/h1-11H,12H2,(H,24,25). The highest BCUT2D eigenvalue weighted by Gasteiger charge is 2.45. The molecule has 6 heteroatoms.